The number of carbonyl (C=O) groups is 1. The molecule has 1 fully saturated rings. The standard InChI is InChI=1S/C26H24F2N6O2/c27-18-5-1-6-19(28)23(18)20-12-17-16-4-2-8-26(9-7-16,24(17)33-32-20)15-34(11-3-10-29)25(36)21-13-31-22(35)14-30-21/h1,5-6,12-14,16H,2-4,7-9,11,15H2,(H,31,35)/t16-,26+/m0/s1. The topological polar surface area (TPSA) is 116 Å². The highest BCUT2D eigenvalue weighted by Crippen LogP contribution is 2.51. The molecule has 0 aliphatic heterocycles. The summed E-state index contributed by atoms with van der Waals surface area (Å²) >= 11 is 0. The highest BCUT2D eigenvalue weighted by molar-refractivity contribution is 5.92. The Bertz CT molecular complexity index is 1370. The highest BCUT2D eigenvalue weighted by atomic mass is 19.1. The van der Waals surface area contributed by atoms with Crippen molar-refractivity contribution in [2.45, 2.75) is 49.9 Å². The molecular formula is C26H24F2N6O2. The summed E-state index contributed by atoms with van der Waals surface area (Å²) in [6.07, 6.45) is 6.68. The molecule has 6 rings (SSSR count). The van der Waals surface area contributed by atoms with Crippen LogP contribution in [-0.2, 0) is 5.41 Å². The normalized spacial score (nSPS) is 20.3. The van der Waals surface area contributed by atoms with Gasteiger partial charge in [-0.3, -0.25) is 9.59 Å². The van der Waals surface area contributed by atoms with E-state index >= 15 is 0 Å². The molecule has 1 aromatic carbocycles. The smallest absolute Gasteiger partial charge is 0.274 e. The second kappa shape index (κ2) is 9.57. The lowest BCUT2D eigenvalue weighted by atomic mass is 9.69. The predicted octanol–water partition coefficient (Wildman–Crippen LogP) is 3.86. The summed E-state index contributed by atoms with van der Waals surface area (Å²) in [4.78, 5) is 32.8. The maximum absolute atomic E-state index is 14.5. The van der Waals surface area contributed by atoms with E-state index in [1.807, 2.05) is 0 Å². The lowest BCUT2D eigenvalue weighted by molar-refractivity contribution is 0.0692. The number of fused-ring (bicyclic) bond motifs is 3. The Labute approximate surface area is 206 Å². The zero-order chi connectivity index (χ0) is 25.3. The van der Waals surface area contributed by atoms with Gasteiger partial charge in [-0.25, -0.2) is 13.8 Å². The first kappa shape index (κ1) is 23.7. The average molecular weight is 491 g/mol. The fourth-order valence-electron chi connectivity index (χ4n) is 5.61. The van der Waals surface area contributed by atoms with Crippen molar-refractivity contribution < 1.29 is 13.6 Å². The van der Waals surface area contributed by atoms with E-state index in [2.05, 4.69) is 26.2 Å². The van der Waals surface area contributed by atoms with E-state index < -0.39 is 22.6 Å². The zero-order valence-corrected chi connectivity index (χ0v) is 19.5. The van der Waals surface area contributed by atoms with Crippen molar-refractivity contribution >= 4 is 5.91 Å². The Morgan fingerprint density at radius 3 is 2.75 bits per heavy atom. The summed E-state index contributed by atoms with van der Waals surface area (Å²) in [7, 11) is 0. The lowest BCUT2D eigenvalue weighted by Gasteiger charge is -2.41. The minimum absolute atomic E-state index is 0.0860. The van der Waals surface area contributed by atoms with Gasteiger partial charge in [-0.15, -0.1) is 0 Å². The molecule has 3 aromatic rings. The molecule has 1 N–H and O–H groups in total. The van der Waals surface area contributed by atoms with Gasteiger partial charge in [-0.1, -0.05) is 12.5 Å². The second-order valence-corrected chi connectivity index (χ2v) is 9.47. The van der Waals surface area contributed by atoms with Crippen molar-refractivity contribution in [3.63, 3.8) is 0 Å². The van der Waals surface area contributed by atoms with Crippen LogP contribution in [0.3, 0.4) is 0 Å². The monoisotopic (exact) mass is 490 g/mol. The van der Waals surface area contributed by atoms with Crippen LogP contribution in [0.4, 0.5) is 8.78 Å². The van der Waals surface area contributed by atoms with E-state index in [1.165, 1.54) is 24.4 Å². The van der Waals surface area contributed by atoms with E-state index in [-0.39, 0.29) is 41.7 Å². The Hall–Kier alpha value is -4.00. The number of H-pyrrole nitrogens is 1. The van der Waals surface area contributed by atoms with Crippen molar-refractivity contribution in [3.8, 4) is 17.3 Å². The third-order valence-electron chi connectivity index (χ3n) is 7.33. The van der Waals surface area contributed by atoms with Crippen LogP contribution in [0.5, 0.6) is 0 Å². The molecule has 0 radical (unpaired) electrons. The molecule has 1 amide bonds. The number of nitrogens with one attached hydrogen (secondary N) is 1. The van der Waals surface area contributed by atoms with Gasteiger partial charge in [0.15, 0.2) is 0 Å². The maximum Gasteiger partial charge on any atom is 0.274 e. The Morgan fingerprint density at radius 1 is 1.22 bits per heavy atom. The number of nitrogens with zero attached hydrogens (tertiary/aromatic N) is 5. The first-order valence-electron chi connectivity index (χ1n) is 12.0. The number of aromatic nitrogens is 4. The highest BCUT2D eigenvalue weighted by Gasteiger charge is 2.46. The number of amides is 1. The lowest BCUT2D eigenvalue weighted by Crippen LogP contribution is -2.46. The summed E-state index contributed by atoms with van der Waals surface area (Å²) in [5.41, 5.74) is 0.792. The third-order valence-corrected chi connectivity index (χ3v) is 7.33. The number of carbonyl (C=O) groups excluding carboxylic acids is 1. The van der Waals surface area contributed by atoms with Crippen LogP contribution in [0.2, 0.25) is 0 Å². The molecule has 36 heavy (non-hydrogen) atoms. The third kappa shape index (κ3) is 4.26. The number of halogens is 2. The zero-order valence-electron chi connectivity index (χ0n) is 19.5. The minimum Gasteiger partial charge on any atom is -0.335 e. The summed E-state index contributed by atoms with van der Waals surface area (Å²) in [6.45, 7) is 0.499. The van der Waals surface area contributed by atoms with Gasteiger partial charge in [0.25, 0.3) is 11.5 Å². The maximum atomic E-state index is 14.5. The van der Waals surface area contributed by atoms with Gasteiger partial charge in [-0.05, 0) is 55.4 Å². The van der Waals surface area contributed by atoms with Crippen LogP contribution in [-0.4, -0.2) is 44.1 Å². The molecule has 10 heteroatoms. The molecule has 0 saturated heterocycles. The molecule has 0 unspecified atom stereocenters. The number of nitriles is 1. The van der Waals surface area contributed by atoms with E-state index in [0.717, 1.165) is 49.6 Å². The Balaban J connectivity index is 1.54. The van der Waals surface area contributed by atoms with Gasteiger partial charge >= 0.3 is 0 Å². The van der Waals surface area contributed by atoms with Crippen molar-refractivity contribution in [1.82, 2.24) is 25.1 Å². The van der Waals surface area contributed by atoms with Gasteiger partial charge < -0.3 is 9.88 Å². The van der Waals surface area contributed by atoms with E-state index in [1.54, 1.807) is 11.0 Å². The van der Waals surface area contributed by atoms with Gasteiger partial charge in [0, 0.05) is 24.7 Å². The summed E-state index contributed by atoms with van der Waals surface area (Å²) in [6, 6.07) is 7.54. The first-order chi connectivity index (χ1) is 17.4. The van der Waals surface area contributed by atoms with E-state index in [4.69, 9.17) is 0 Å². The van der Waals surface area contributed by atoms with E-state index in [9.17, 15) is 23.6 Å². The molecule has 2 atom stereocenters. The first-order valence-corrected chi connectivity index (χ1v) is 12.0. The number of rotatable bonds is 6. The van der Waals surface area contributed by atoms with Gasteiger partial charge in [0.05, 0.1) is 35.6 Å². The molecule has 0 spiro atoms. The van der Waals surface area contributed by atoms with Crippen LogP contribution < -0.4 is 5.56 Å². The summed E-state index contributed by atoms with van der Waals surface area (Å²) < 4.78 is 28.9. The molecule has 1 saturated carbocycles. The summed E-state index contributed by atoms with van der Waals surface area (Å²) in [5.74, 6) is -1.58. The van der Waals surface area contributed by atoms with Crippen LogP contribution >= 0.6 is 0 Å². The van der Waals surface area contributed by atoms with Crippen LogP contribution in [0.15, 0.2) is 41.5 Å². The quantitative estimate of drug-likeness (QED) is 0.561. The minimum atomic E-state index is -0.695. The molecule has 2 bridgehead atoms. The number of aromatic amines is 1. The number of hydrogen-bond donors (Lipinski definition) is 1. The van der Waals surface area contributed by atoms with Crippen molar-refractivity contribution in [1.29, 1.82) is 5.26 Å². The second-order valence-electron chi connectivity index (χ2n) is 9.47. The molecule has 184 valence electrons. The fraction of sp³-hybridized carbons (Fsp3) is 0.385. The van der Waals surface area contributed by atoms with Gasteiger partial charge in [0.1, 0.15) is 17.3 Å². The molecule has 3 aliphatic carbocycles. The van der Waals surface area contributed by atoms with Crippen LogP contribution in [0.25, 0.3) is 11.3 Å². The average Bonchev–Trinajstić information content (AvgIpc) is 3.17. The van der Waals surface area contributed by atoms with Gasteiger partial charge in [0.2, 0.25) is 0 Å². The van der Waals surface area contributed by atoms with E-state index in [0.29, 0.717) is 6.54 Å². The molecule has 2 heterocycles. The molecule has 8 nitrogen and oxygen atoms in total. The fourth-order valence-corrected chi connectivity index (χ4v) is 5.61. The number of benzene rings is 1. The number of hydrogen-bond acceptors (Lipinski definition) is 6. The Kier molecular flexibility index (Phi) is 6.31. The molecule has 2 aromatic heterocycles. The summed E-state index contributed by atoms with van der Waals surface area (Å²) in [5, 5.41) is 17.9. The predicted molar refractivity (Wildman–Crippen MR) is 126 cm³/mol. The molecule has 3 aliphatic rings. The van der Waals surface area contributed by atoms with Crippen LogP contribution in [0.1, 0.15) is 66.2 Å². The SMILES string of the molecule is N#CCCN(C[C@@]12CCC[C@@H](CC1)c1cc(-c3c(F)cccc3F)nnc12)C(=O)c1c[nH]c(=O)cn1. The van der Waals surface area contributed by atoms with Gasteiger partial charge in [-0.2, -0.15) is 15.5 Å². The van der Waals surface area contributed by atoms with Crippen molar-refractivity contribution in [2.24, 2.45) is 0 Å². The van der Waals surface area contributed by atoms with Crippen LogP contribution in [0, 0.1) is 23.0 Å². The Morgan fingerprint density at radius 2 is 2.03 bits per heavy atom. The molecular weight excluding hydrogens is 466 g/mol. The largest absolute Gasteiger partial charge is 0.335 e. The van der Waals surface area contributed by atoms with Crippen molar-refractivity contribution in [2.75, 3.05) is 13.1 Å². The van der Waals surface area contributed by atoms with Crippen molar-refractivity contribution in [3.05, 3.63) is 75.6 Å².